The summed E-state index contributed by atoms with van der Waals surface area (Å²) in [6, 6.07) is 1.48. The normalized spacial score (nSPS) is 42.9. The third-order valence-electron chi connectivity index (χ3n) is 5.43. The van der Waals surface area contributed by atoms with Gasteiger partial charge in [0, 0.05) is 12.1 Å². The van der Waals surface area contributed by atoms with Gasteiger partial charge >= 0.3 is 0 Å². The van der Waals surface area contributed by atoms with E-state index in [9.17, 15) is 5.11 Å². The number of nitrogens with zero attached hydrogens (tertiary/aromatic N) is 1. The molecule has 3 aliphatic rings. The van der Waals surface area contributed by atoms with Gasteiger partial charge in [0.25, 0.3) is 0 Å². The van der Waals surface area contributed by atoms with Gasteiger partial charge in [0.2, 0.25) is 0 Å². The molecule has 2 aliphatic carbocycles. The van der Waals surface area contributed by atoms with Crippen LogP contribution in [0.5, 0.6) is 0 Å². The van der Waals surface area contributed by atoms with Crippen molar-refractivity contribution in [2.24, 2.45) is 11.3 Å². The Morgan fingerprint density at radius 3 is 2.59 bits per heavy atom. The van der Waals surface area contributed by atoms with Crippen LogP contribution in [0.25, 0.3) is 0 Å². The van der Waals surface area contributed by atoms with Gasteiger partial charge in [0.05, 0.1) is 6.10 Å². The maximum Gasteiger partial charge on any atom is 0.0555 e. The van der Waals surface area contributed by atoms with E-state index in [4.69, 9.17) is 0 Å². The summed E-state index contributed by atoms with van der Waals surface area (Å²) in [5.74, 6) is 0.993. The van der Waals surface area contributed by atoms with E-state index in [1.807, 2.05) is 0 Å². The first-order chi connectivity index (χ1) is 8.08. The van der Waals surface area contributed by atoms with Crippen LogP contribution in [0.2, 0.25) is 0 Å². The van der Waals surface area contributed by atoms with Crippen LogP contribution in [0.3, 0.4) is 0 Å². The van der Waals surface area contributed by atoms with Crippen LogP contribution in [-0.2, 0) is 0 Å². The van der Waals surface area contributed by atoms with E-state index < -0.39 is 0 Å². The quantitative estimate of drug-likeness (QED) is 0.798. The van der Waals surface area contributed by atoms with E-state index in [2.05, 4.69) is 18.7 Å². The minimum absolute atomic E-state index is 0.0477. The molecule has 1 saturated heterocycles. The molecule has 0 radical (unpaired) electrons. The zero-order valence-electron chi connectivity index (χ0n) is 11.4. The lowest BCUT2D eigenvalue weighted by molar-refractivity contribution is -0.0199. The highest BCUT2D eigenvalue weighted by Gasteiger charge is 2.46. The second-order valence-corrected chi connectivity index (χ2v) is 7.22. The Labute approximate surface area is 105 Å². The van der Waals surface area contributed by atoms with Gasteiger partial charge in [-0.2, -0.15) is 0 Å². The predicted octanol–water partition coefficient (Wildman–Crippen LogP) is 2.80. The van der Waals surface area contributed by atoms with Crippen LogP contribution < -0.4 is 0 Å². The lowest BCUT2D eigenvalue weighted by atomic mass is 9.71. The van der Waals surface area contributed by atoms with Gasteiger partial charge in [-0.1, -0.05) is 13.8 Å². The van der Waals surface area contributed by atoms with Crippen molar-refractivity contribution in [3.05, 3.63) is 0 Å². The Kier molecular flexibility index (Phi) is 2.99. The second-order valence-electron chi connectivity index (χ2n) is 7.22. The SMILES string of the molecule is CC1(C)CCC(O)CC1N1CCCC1C1CC1. The van der Waals surface area contributed by atoms with Crippen LogP contribution in [-0.4, -0.2) is 34.7 Å². The van der Waals surface area contributed by atoms with Crippen LogP contribution in [0, 0.1) is 11.3 Å². The molecule has 2 nitrogen and oxygen atoms in total. The van der Waals surface area contributed by atoms with Gasteiger partial charge in [-0.3, -0.25) is 4.90 Å². The zero-order chi connectivity index (χ0) is 12.0. The smallest absolute Gasteiger partial charge is 0.0555 e. The summed E-state index contributed by atoms with van der Waals surface area (Å²) in [6.45, 7) is 6.10. The molecule has 0 aromatic rings. The van der Waals surface area contributed by atoms with Crippen molar-refractivity contribution < 1.29 is 5.11 Å². The number of hydrogen-bond acceptors (Lipinski definition) is 2. The molecule has 98 valence electrons. The summed E-state index contributed by atoms with van der Waals surface area (Å²) in [4.78, 5) is 2.78. The Hall–Kier alpha value is -0.0800. The summed E-state index contributed by atoms with van der Waals surface area (Å²) in [7, 11) is 0. The second kappa shape index (κ2) is 4.24. The van der Waals surface area contributed by atoms with Crippen molar-refractivity contribution in [1.29, 1.82) is 0 Å². The van der Waals surface area contributed by atoms with Gasteiger partial charge in [0.1, 0.15) is 0 Å². The Morgan fingerprint density at radius 1 is 1.12 bits per heavy atom. The van der Waals surface area contributed by atoms with E-state index >= 15 is 0 Å². The monoisotopic (exact) mass is 237 g/mol. The molecule has 1 aliphatic heterocycles. The number of rotatable bonds is 2. The van der Waals surface area contributed by atoms with Gasteiger partial charge in [0.15, 0.2) is 0 Å². The minimum Gasteiger partial charge on any atom is -0.393 e. The molecule has 3 unspecified atom stereocenters. The van der Waals surface area contributed by atoms with Gasteiger partial charge in [-0.25, -0.2) is 0 Å². The summed E-state index contributed by atoms with van der Waals surface area (Å²) in [5.41, 5.74) is 0.400. The lowest BCUT2D eigenvalue weighted by Gasteiger charge is -2.47. The highest BCUT2D eigenvalue weighted by molar-refractivity contribution is 5.00. The Morgan fingerprint density at radius 2 is 1.88 bits per heavy atom. The molecule has 0 aromatic heterocycles. The standard InChI is InChI=1S/C15H27NO/c1-15(2)8-7-12(17)10-14(15)16-9-3-4-13(16)11-5-6-11/h11-14,17H,3-10H2,1-2H3. The van der Waals surface area contributed by atoms with Gasteiger partial charge < -0.3 is 5.11 Å². The van der Waals surface area contributed by atoms with E-state index in [1.165, 1.54) is 38.6 Å². The molecular weight excluding hydrogens is 210 g/mol. The highest BCUT2D eigenvalue weighted by atomic mass is 16.3. The highest BCUT2D eigenvalue weighted by Crippen LogP contribution is 2.46. The van der Waals surface area contributed by atoms with Crippen LogP contribution in [0.15, 0.2) is 0 Å². The van der Waals surface area contributed by atoms with Crippen molar-refractivity contribution in [3.63, 3.8) is 0 Å². The molecule has 0 spiro atoms. The largest absolute Gasteiger partial charge is 0.393 e. The number of aliphatic hydroxyl groups is 1. The molecular formula is C15H27NO. The van der Waals surface area contributed by atoms with Crippen LogP contribution in [0.4, 0.5) is 0 Å². The van der Waals surface area contributed by atoms with Crippen molar-refractivity contribution >= 4 is 0 Å². The van der Waals surface area contributed by atoms with Gasteiger partial charge in [-0.05, 0) is 62.8 Å². The molecule has 0 aromatic carbocycles. The fourth-order valence-electron chi connectivity index (χ4n) is 4.17. The number of likely N-dealkylation sites (tertiary alicyclic amines) is 1. The number of aliphatic hydroxyl groups excluding tert-OH is 1. The third-order valence-corrected chi connectivity index (χ3v) is 5.43. The fourth-order valence-corrected chi connectivity index (χ4v) is 4.17. The first-order valence-corrected chi connectivity index (χ1v) is 7.52. The average Bonchev–Trinajstić information content (AvgIpc) is 3.01. The molecule has 3 rings (SSSR count). The van der Waals surface area contributed by atoms with E-state index in [0.717, 1.165) is 24.8 Å². The summed E-state index contributed by atoms with van der Waals surface area (Å²) in [6.07, 6.45) is 8.85. The van der Waals surface area contributed by atoms with Crippen LogP contribution >= 0.6 is 0 Å². The average molecular weight is 237 g/mol. The van der Waals surface area contributed by atoms with Crippen molar-refractivity contribution in [3.8, 4) is 0 Å². The Balaban J connectivity index is 1.75. The van der Waals surface area contributed by atoms with Gasteiger partial charge in [-0.15, -0.1) is 0 Å². The van der Waals surface area contributed by atoms with Crippen LogP contribution in [0.1, 0.15) is 58.8 Å². The summed E-state index contributed by atoms with van der Waals surface area (Å²) >= 11 is 0. The molecule has 1 N–H and O–H groups in total. The molecule has 2 saturated carbocycles. The molecule has 3 fully saturated rings. The Bertz CT molecular complexity index is 285. The molecule has 0 amide bonds. The fraction of sp³-hybridized carbons (Fsp3) is 1.00. The van der Waals surface area contributed by atoms with Crippen molar-refractivity contribution in [2.75, 3.05) is 6.54 Å². The van der Waals surface area contributed by atoms with E-state index in [-0.39, 0.29) is 6.10 Å². The molecule has 0 bridgehead atoms. The van der Waals surface area contributed by atoms with E-state index in [1.54, 1.807) is 0 Å². The lowest BCUT2D eigenvalue weighted by Crippen LogP contribution is -2.52. The van der Waals surface area contributed by atoms with Crippen molar-refractivity contribution in [1.82, 2.24) is 4.90 Å². The molecule has 3 atom stereocenters. The first-order valence-electron chi connectivity index (χ1n) is 7.52. The topological polar surface area (TPSA) is 23.5 Å². The third kappa shape index (κ3) is 2.26. The maximum absolute atomic E-state index is 9.99. The summed E-state index contributed by atoms with van der Waals surface area (Å²) < 4.78 is 0. The summed E-state index contributed by atoms with van der Waals surface area (Å²) in [5, 5.41) is 9.99. The van der Waals surface area contributed by atoms with Crippen molar-refractivity contribution in [2.45, 2.75) is 77.0 Å². The van der Waals surface area contributed by atoms with E-state index in [0.29, 0.717) is 11.5 Å². The molecule has 17 heavy (non-hydrogen) atoms. The number of hydrogen-bond donors (Lipinski definition) is 1. The minimum atomic E-state index is -0.0477. The molecule has 1 heterocycles. The first kappa shape index (κ1) is 12.0. The maximum atomic E-state index is 9.99. The zero-order valence-corrected chi connectivity index (χ0v) is 11.4. The predicted molar refractivity (Wildman–Crippen MR) is 69.9 cm³/mol. The molecule has 2 heteroatoms.